The number of nitrogens with two attached hydrogens (primary N) is 1. The largest absolute Gasteiger partial charge is 0.388 e. The van der Waals surface area contributed by atoms with E-state index in [0.29, 0.717) is 0 Å². The van der Waals surface area contributed by atoms with Gasteiger partial charge in [0.15, 0.2) is 0 Å². The maximum Gasteiger partial charge on any atom is 0.248 e. The third-order valence-corrected chi connectivity index (χ3v) is 3.52. The third kappa shape index (κ3) is 4.14. The van der Waals surface area contributed by atoms with Gasteiger partial charge < -0.3 is 16.2 Å². The van der Waals surface area contributed by atoms with Crippen LogP contribution in [0.25, 0.3) is 0 Å². The second kappa shape index (κ2) is 7.18. The third-order valence-electron chi connectivity index (χ3n) is 3.52. The molecule has 4 N–H and O–H groups in total. The average molecular weight is 334 g/mol. The van der Waals surface area contributed by atoms with Crippen molar-refractivity contribution in [3.63, 3.8) is 0 Å². The number of rotatable bonds is 5. The fourth-order valence-electron chi connectivity index (χ4n) is 2.16. The second-order valence-corrected chi connectivity index (χ2v) is 5.32. The summed E-state index contributed by atoms with van der Waals surface area (Å²) >= 11 is 0. The molecule has 2 rings (SSSR count). The molecule has 0 aliphatic carbocycles. The number of carbonyl (C=O) groups excluding carboxylic acids is 2. The van der Waals surface area contributed by atoms with Crippen molar-refractivity contribution >= 4 is 17.5 Å². The highest BCUT2D eigenvalue weighted by Crippen LogP contribution is 2.23. The van der Waals surface area contributed by atoms with Crippen LogP contribution in [0, 0.1) is 18.6 Å². The van der Waals surface area contributed by atoms with Crippen LogP contribution in [0.5, 0.6) is 0 Å². The van der Waals surface area contributed by atoms with Gasteiger partial charge in [0.25, 0.3) is 0 Å². The van der Waals surface area contributed by atoms with E-state index < -0.39 is 29.6 Å². The number of halogens is 2. The number of anilines is 1. The molecule has 0 saturated carbocycles. The fraction of sp³-hybridized carbons (Fsp3) is 0.176. The fourth-order valence-corrected chi connectivity index (χ4v) is 2.16. The lowest BCUT2D eigenvalue weighted by molar-refractivity contribution is -0.118. The Hall–Kier alpha value is -2.80. The van der Waals surface area contributed by atoms with Gasteiger partial charge in [-0.25, -0.2) is 8.78 Å². The van der Waals surface area contributed by atoms with Crippen molar-refractivity contribution in [3.05, 3.63) is 64.7 Å². The molecule has 2 amide bonds. The summed E-state index contributed by atoms with van der Waals surface area (Å²) in [6, 6.07) is 7.48. The quantitative estimate of drug-likeness (QED) is 0.784. The molecule has 0 fully saturated rings. The van der Waals surface area contributed by atoms with Crippen LogP contribution in [0.4, 0.5) is 14.5 Å². The van der Waals surface area contributed by atoms with Gasteiger partial charge in [0, 0.05) is 16.8 Å². The summed E-state index contributed by atoms with van der Waals surface area (Å²) in [4.78, 5) is 23.2. The molecule has 5 nitrogen and oxygen atoms in total. The van der Waals surface area contributed by atoms with Crippen molar-refractivity contribution in [2.75, 3.05) is 5.32 Å². The van der Waals surface area contributed by atoms with E-state index in [4.69, 9.17) is 5.73 Å². The minimum Gasteiger partial charge on any atom is -0.388 e. The van der Waals surface area contributed by atoms with Gasteiger partial charge in [-0.2, -0.15) is 0 Å². The summed E-state index contributed by atoms with van der Waals surface area (Å²) in [5.41, 5.74) is 5.49. The zero-order valence-electron chi connectivity index (χ0n) is 12.8. The Balaban J connectivity index is 2.13. The second-order valence-electron chi connectivity index (χ2n) is 5.32. The van der Waals surface area contributed by atoms with Gasteiger partial charge in [0.1, 0.15) is 11.6 Å². The number of nitrogens with one attached hydrogen (secondary N) is 1. The van der Waals surface area contributed by atoms with Crippen LogP contribution in [-0.2, 0) is 4.79 Å². The normalized spacial score (nSPS) is 11.8. The molecule has 126 valence electrons. The molecule has 1 unspecified atom stereocenters. The van der Waals surface area contributed by atoms with Crippen molar-refractivity contribution in [1.82, 2.24) is 0 Å². The van der Waals surface area contributed by atoms with E-state index in [2.05, 4.69) is 5.32 Å². The summed E-state index contributed by atoms with van der Waals surface area (Å²) in [7, 11) is 0. The van der Waals surface area contributed by atoms with Gasteiger partial charge in [-0.15, -0.1) is 0 Å². The smallest absolute Gasteiger partial charge is 0.248 e. The highest BCUT2D eigenvalue weighted by Gasteiger charge is 2.16. The number of primary amides is 1. The van der Waals surface area contributed by atoms with Crippen LogP contribution in [0.2, 0.25) is 0 Å². The zero-order valence-corrected chi connectivity index (χ0v) is 12.8. The summed E-state index contributed by atoms with van der Waals surface area (Å²) in [6.45, 7) is 1.43. The highest BCUT2D eigenvalue weighted by molar-refractivity contribution is 5.97. The van der Waals surface area contributed by atoms with Crippen molar-refractivity contribution in [1.29, 1.82) is 0 Å². The van der Waals surface area contributed by atoms with Gasteiger partial charge in [-0.05, 0) is 36.8 Å². The van der Waals surface area contributed by atoms with Gasteiger partial charge in [0.05, 0.1) is 12.5 Å². The molecule has 0 radical (unpaired) electrons. The van der Waals surface area contributed by atoms with Gasteiger partial charge in [0.2, 0.25) is 11.8 Å². The van der Waals surface area contributed by atoms with Crippen molar-refractivity contribution < 1.29 is 23.5 Å². The lowest BCUT2D eigenvalue weighted by Gasteiger charge is -2.14. The van der Waals surface area contributed by atoms with Gasteiger partial charge >= 0.3 is 0 Å². The Labute approximate surface area is 137 Å². The molecule has 24 heavy (non-hydrogen) atoms. The molecule has 0 spiro atoms. The molecule has 2 aromatic carbocycles. The molecule has 0 heterocycles. The summed E-state index contributed by atoms with van der Waals surface area (Å²) < 4.78 is 26.9. The number of amides is 2. The number of benzene rings is 2. The Bertz CT molecular complexity index is 793. The van der Waals surface area contributed by atoms with Crippen LogP contribution < -0.4 is 11.1 Å². The van der Waals surface area contributed by atoms with Crippen molar-refractivity contribution in [3.8, 4) is 0 Å². The molecule has 7 heteroatoms. The van der Waals surface area contributed by atoms with Gasteiger partial charge in [-0.1, -0.05) is 12.1 Å². The van der Waals surface area contributed by atoms with Crippen LogP contribution in [0.15, 0.2) is 36.4 Å². The van der Waals surface area contributed by atoms with Crippen molar-refractivity contribution in [2.24, 2.45) is 5.73 Å². The first-order chi connectivity index (χ1) is 11.3. The molecule has 2 aromatic rings. The van der Waals surface area contributed by atoms with Crippen LogP contribution >= 0.6 is 0 Å². The summed E-state index contributed by atoms with van der Waals surface area (Å²) in [5, 5.41) is 12.4. The van der Waals surface area contributed by atoms with Gasteiger partial charge in [-0.3, -0.25) is 9.59 Å². The minimum atomic E-state index is -1.22. The number of aliphatic hydroxyl groups excluding tert-OH is 1. The van der Waals surface area contributed by atoms with Crippen LogP contribution in [-0.4, -0.2) is 16.9 Å². The monoisotopic (exact) mass is 334 g/mol. The predicted octanol–water partition coefficient (Wildman–Crippen LogP) is 2.43. The Morgan fingerprint density at radius 3 is 2.58 bits per heavy atom. The molecule has 0 saturated heterocycles. The standard InChI is InChI=1S/C17H16F2N2O3/c1-9-13(19)6-11(17(20)24)7-14(9)21-16(23)8-15(22)10-3-2-4-12(18)5-10/h2-7,15,22H,8H2,1H3,(H2,20,24)(H,21,23). The zero-order chi connectivity index (χ0) is 17.9. The lowest BCUT2D eigenvalue weighted by atomic mass is 10.1. The molecular formula is C17H16F2N2O3. The molecule has 0 aliphatic rings. The SMILES string of the molecule is Cc1c(F)cc(C(N)=O)cc1NC(=O)CC(O)c1cccc(F)c1. The van der Waals surface area contributed by atoms with E-state index in [9.17, 15) is 23.5 Å². The first-order valence-electron chi connectivity index (χ1n) is 7.11. The Morgan fingerprint density at radius 2 is 1.96 bits per heavy atom. The molecule has 0 aliphatic heterocycles. The minimum absolute atomic E-state index is 0.0836. The van der Waals surface area contributed by atoms with E-state index in [1.807, 2.05) is 0 Å². The average Bonchev–Trinajstić information content (AvgIpc) is 2.51. The molecule has 0 aromatic heterocycles. The lowest BCUT2D eigenvalue weighted by Crippen LogP contribution is -2.18. The van der Waals surface area contributed by atoms with Crippen LogP contribution in [0.1, 0.15) is 34.0 Å². The van der Waals surface area contributed by atoms with E-state index in [0.717, 1.165) is 12.1 Å². The van der Waals surface area contributed by atoms with E-state index in [1.54, 1.807) is 0 Å². The molecule has 0 bridgehead atoms. The topological polar surface area (TPSA) is 92.4 Å². The first kappa shape index (κ1) is 17.6. The maximum absolute atomic E-state index is 13.8. The predicted molar refractivity (Wildman–Crippen MR) is 84.3 cm³/mol. The molecular weight excluding hydrogens is 318 g/mol. The van der Waals surface area contributed by atoms with E-state index in [1.165, 1.54) is 31.2 Å². The summed E-state index contributed by atoms with van der Waals surface area (Å²) in [5.74, 6) is -2.66. The number of hydrogen-bond donors (Lipinski definition) is 3. The number of hydrogen-bond acceptors (Lipinski definition) is 3. The first-order valence-corrected chi connectivity index (χ1v) is 7.11. The maximum atomic E-state index is 13.8. The Kier molecular flexibility index (Phi) is 5.25. The molecule has 1 atom stereocenters. The van der Waals surface area contributed by atoms with E-state index >= 15 is 0 Å². The van der Waals surface area contributed by atoms with E-state index in [-0.39, 0.29) is 28.8 Å². The Morgan fingerprint density at radius 1 is 1.25 bits per heavy atom. The highest BCUT2D eigenvalue weighted by atomic mass is 19.1. The van der Waals surface area contributed by atoms with Crippen LogP contribution in [0.3, 0.4) is 0 Å². The van der Waals surface area contributed by atoms with Crippen molar-refractivity contribution in [2.45, 2.75) is 19.4 Å². The number of carbonyl (C=O) groups is 2. The number of aliphatic hydroxyl groups is 1. The summed E-state index contributed by atoms with van der Waals surface area (Å²) in [6.07, 6.45) is -1.57.